The second kappa shape index (κ2) is 4.49. The molecule has 1 unspecified atom stereocenters. The number of aliphatic hydroxyl groups excluding tert-OH is 1. The first-order valence-electron chi connectivity index (χ1n) is 5.32. The monoisotopic (exact) mass is 285 g/mol. The summed E-state index contributed by atoms with van der Waals surface area (Å²) in [6, 6.07) is 0. The lowest BCUT2D eigenvalue weighted by atomic mass is 10.1. The van der Waals surface area contributed by atoms with E-state index in [0.717, 1.165) is 4.31 Å². The molecule has 1 aliphatic heterocycles. The maximum absolute atomic E-state index is 12.2. The van der Waals surface area contributed by atoms with Crippen LogP contribution in [0.15, 0.2) is 0 Å². The van der Waals surface area contributed by atoms with Gasteiger partial charge in [-0.3, -0.25) is 0 Å². The molecule has 6 nitrogen and oxygen atoms in total. The third-order valence-electron chi connectivity index (χ3n) is 3.23. The van der Waals surface area contributed by atoms with Gasteiger partial charge in [0.2, 0.25) is 10.0 Å². The summed E-state index contributed by atoms with van der Waals surface area (Å²) in [5.41, 5.74) is -0.925. The fourth-order valence-corrected chi connectivity index (χ4v) is 6.28. The van der Waals surface area contributed by atoms with Crippen LogP contribution < -0.4 is 0 Å². The summed E-state index contributed by atoms with van der Waals surface area (Å²) in [4.78, 5) is 0. The lowest BCUT2D eigenvalue weighted by Crippen LogP contribution is -2.51. The van der Waals surface area contributed by atoms with Crippen molar-refractivity contribution in [3.05, 3.63) is 0 Å². The molecule has 0 saturated carbocycles. The fourth-order valence-electron chi connectivity index (χ4n) is 1.66. The van der Waals surface area contributed by atoms with E-state index in [4.69, 9.17) is 5.11 Å². The minimum absolute atomic E-state index is 0.0791. The van der Waals surface area contributed by atoms with Crippen LogP contribution in [-0.4, -0.2) is 62.2 Å². The first-order valence-corrected chi connectivity index (χ1v) is 8.64. The van der Waals surface area contributed by atoms with Crippen LogP contribution >= 0.6 is 0 Å². The van der Waals surface area contributed by atoms with Crippen molar-refractivity contribution in [1.29, 1.82) is 0 Å². The number of sulfone groups is 1. The molecule has 1 atom stereocenters. The molecular formula is C9H19NO5S2. The van der Waals surface area contributed by atoms with Crippen LogP contribution in [0, 0.1) is 0 Å². The Hall–Kier alpha value is -0.180. The lowest BCUT2D eigenvalue weighted by molar-refractivity contribution is 0.137. The van der Waals surface area contributed by atoms with Gasteiger partial charge in [0.05, 0.1) is 28.9 Å². The van der Waals surface area contributed by atoms with Crippen LogP contribution in [-0.2, 0) is 19.9 Å². The summed E-state index contributed by atoms with van der Waals surface area (Å²) in [6.45, 7) is 2.87. The zero-order valence-electron chi connectivity index (χ0n) is 10.2. The molecule has 1 heterocycles. The molecule has 0 aliphatic carbocycles. The predicted molar refractivity (Wildman–Crippen MR) is 64.9 cm³/mol. The van der Waals surface area contributed by atoms with Crippen LogP contribution in [0.25, 0.3) is 0 Å². The van der Waals surface area contributed by atoms with E-state index in [1.54, 1.807) is 13.8 Å². The summed E-state index contributed by atoms with van der Waals surface area (Å²) in [6.07, 6.45) is 0.135. The summed E-state index contributed by atoms with van der Waals surface area (Å²) in [7, 11) is -5.55. The zero-order valence-corrected chi connectivity index (χ0v) is 11.9. The van der Waals surface area contributed by atoms with Crippen LogP contribution in [0.2, 0.25) is 0 Å². The van der Waals surface area contributed by atoms with Gasteiger partial charge in [-0.25, -0.2) is 16.8 Å². The molecule has 0 radical (unpaired) electrons. The molecule has 0 aromatic heterocycles. The second-order valence-corrected chi connectivity index (χ2v) is 9.48. The first-order chi connectivity index (χ1) is 7.53. The summed E-state index contributed by atoms with van der Waals surface area (Å²) in [5, 5.41) is 8.26. The summed E-state index contributed by atoms with van der Waals surface area (Å²) < 4.78 is 48.0. The molecule has 1 saturated heterocycles. The van der Waals surface area contributed by atoms with Crippen molar-refractivity contribution in [2.75, 3.05) is 25.2 Å². The third kappa shape index (κ3) is 2.98. The van der Waals surface area contributed by atoms with Crippen molar-refractivity contribution < 1.29 is 21.9 Å². The smallest absolute Gasteiger partial charge is 0.218 e. The third-order valence-corrected chi connectivity index (χ3v) is 7.71. The van der Waals surface area contributed by atoms with Crippen molar-refractivity contribution in [3.63, 3.8) is 0 Å². The van der Waals surface area contributed by atoms with Crippen LogP contribution in [0.5, 0.6) is 0 Å². The number of hydrogen-bond donors (Lipinski definition) is 1. The van der Waals surface area contributed by atoms with E-state index in [0.29, 0.717) is 0 Å². The highest BCUT2D eigenvalue weighted by atomic mass is 32.2. The molecule has 1 aliphatic rings. The quantitative estimate of drug-likeness (QED) is 0.730. The number of likely N-dealkylation sites (N-methyl/N-ethyl adjacent to an activating group) is 1. The van der Waals surface area contributed by atoms with E-state index in [1.165, 1.54) is 7.05 Å². The maximum Gasteiger partial charge on any atom is 0.218 e. The zero-order chi connectivity index (χ0) is 13.5. The molecule has 0 aromatic rings. The molecule has 0 bridgehead atoms. The molecule has 1 N–H and O–H groups in total. The molecule has 0 spiro atoms. The Bertz CT molecular complexity index is 480. The Morgan fingerprint density at radius 3 is 2.29 bits per heavy atom. The average Bonchev–Trinajstić information content (AvgIpc) is 2.58. The summed E-state index contributed by atoms with van der Waals surface area (Å²) in [5.74, 6) is -0.397. The van der Waals surface area contributed by atoms with E-state index in [2.05, 4.69) is 0 Å². The molecule has 1 fully saturated rings. The molecule has 0 amide bonds. The number of sulfonamides is 1. The Morgan fingerprint density at radius 1 is 1.41 bits per heavy atom. The fraction of sp³-hybridized carbons (Fsp3) is 1.00. The van der Waals surface area contributed by atoms with Crippen LogP contribution in [0.3, 0.4) is 0 Å². The van der Waals surface area contributed by atoms with Crippen LogP contribution in [0.1, 0.15) is 20.3 Å². The van der Waals surface area contributed by atoms with Gasteiger partial charge in [-0.05, 0) is 20.3 Å². The minimum Gasteiger partial charge on any atom is -0.394 e. The van der Waals surface area contributed by atoms with Crippen LogP contribution in [0.4, 0.5) is 0 Å². The second-order valence-electron chi connectivity index (χ2n) is 5.01. The van der Waals surface area contributed by atoms with E-state index < -0.39 is 30.6 Å². The van der Waals surface area contributed by atoms with Gasteiger partial charge in [0, 0.05) is 7.05 Å². The van der Waals surface area contributed by atoms with Gasteiger partial charge < -0.3 is 5.11 Å². The average molecular weight is 285 g/mol. The van der Waals surface area contributed by atoms with E-state index in [1.807, 2.05) is 0 Å². The van der Waals surface area contributed by atoms with Gasteiger partial charge >= 0.3 is 0 Å². The molecule has 1 rings (SSSR count). The van der Waals surface area contributed by atoms with Crippen molar-refractivity contribution in [2.24, 2.45) is 0 Å². The predicted octanol–water partition coefficient (Wildman–Crippen LogP) is -0.794. The Labute approximate surface area is 103 Å². The largest absolute Gasteiger partial charge is 0.394 e. The SMILES string of the molecule is CN(C(C)(C)CO)S(=O)(=O)C1CCS(=O)(=O)C1. The number of aliphatic hydroxyl groups is 1. The van der Waals surface area contributed by atoms with Crippen molar-refractivity contribution >= 4 is 19.9 Å². The highest BCUT2D eigenvalue weighted by molar-refractivity contribution is 7.95. The van der Waals surface area contributed by atoms with Crippen molar-refractivity contribution in [1.82, 2.24) is 4.31 Å². The van der Waals surface area contributed by atoms with Gasteiger partial charge in [0.25, 0.3) is 0 Å². The van der Waals surface area contributed by atoms with Gasteiger partial charge in [-0.1, -0.05) is 0 Å². The molecule has 0 aromatic carbocycles. The first kappa shape index (κ1) is 14.9. The number of hydrogen-bond acceptors (Lipinski definition) is 5. The molecular weight excluding hydrogens is 266 g/mol. The lowest BCUT2D eigenvalue weighted by Gasteiger charge is -2.34. The molecule has 17 heavy (non-hydrogen) atoms. The van der Waals surface area contributed by atoms with Gasteiger partial charge in [0.15, 0.2) is 9.84 Å². The molecule has 102 valence electrons. The highest BCUT2D eigenvalue weighted by Gasteiger charge is 2.43. The van der Waals surface area contributed by atoms with Gasteiger partial charge in [-0.2, -0.15) is 4.31 Å². The van der Waals surface area contributed by atoms with Crippen molar-refractivity contribution in [2.45, 2.75) is 31.1 Å². The van der Waals surface area contributed by atoms with E-state index in [-0.39, 0.29) is 24.5 Å². The summed E-state index contributed by atoms with van der Waals surface area (Å²) >= 11 is 0. The maximum atomic E-state index is 12.2. The van der Waals surface area contributed by atoms with E-state index >= 15 is 0 Å². The van der Waals surface area contributed by atoms with Gasteiger partial charge in [0.1, 0.15) is 0 Å². The van der Waals surface area contributed by atoms with Gasteiger partial charge in [-0.15, -0.1) is 0 Å². The number of rotatable bonds is 4. The minimum atomic E-state index is -3.69. The van der Waals surface area contributed by atoms with Crippen molar-refractivity contribution in [3.8, 4) is 0 Å². The Morgan fingerprint density at radius 2 is 1.94 bits per heavy atom. The standard InChI is InChI=1S/C9H19NO5S2/c1-9(2,7-11)10(3)17(14,15)8-4-5-16(12,13)6-8/h8,11H,4-7H2,1-3H3. The Kier molecular flexibility index (Phi) is 3.93. The number of nitrogens with zero attached hydrogens (tertiary/aromatic N) is 1. The highest BCUT2D eigenvalue weighted by Crippen LogP contribution is 2.25. The Balaban J connectivity index is 2.98. The molecule has 8 heteroatoms. The van der Waals surface area contributed by atoms with E-state index in [9.17, 15) is 16.8 Å². The normalized spacial score (nSPS) is 25.4. The topological polar surface area (TPSA) is 91.8 Å².